The minimum atomic E-state index is 0.0224. The van der Waals surface area contributed by atoms with Crippen molar-refractivity contribution in [3.05, 3.63) is 58.7 Å². The summed E-state index contributed by atoms with van der Waals surface area (Å²) in [6.07, 6.45) is 4.97. The molecule has 0 radical (unpaired) electrons. The lowest BCUT2D eigenvalue weighted by atomic mass is 9.87. The van der Waals surface area contributed by atoms with Crippen LogP contribution in [0.25, 0.3) is 5.78 Å². The number of carbonyl (C=O) groups is 1. The zero-order valence-electron chi connectivity index (χ0n) is 14.5. The van der Waals surface area contributed by atoms with Gasteiger partial charge in [-0.2, -0.15) is 10.1 Å². The van der Waals surface area contributed by atoms with E-state index < -0.39 is 0 Å². The number of nitrogens with zero attached hydrogens (tertiary/aromatic N) is 4. The largest absolute Gasteiger partial charge is 0.349 e. The summed E-state index contributed by atoms with van der Waals surface area (Å²) in [5.41, 5.74) is 5.26. The molecule has 1 unspecified atom stereocenters. The number of nitrogens with one attached hydrogen (secondary N) is 1. The van der Waals surface area contributed by atoms with Gasteiger partial charge in [-0.3, -0.25) is 4.79 Å². The van der Waals surface area contributed by atoms with Gasteiger partial charge in [0.05, 0.1) is 12.5 Å². The Bertz CT molecular complexity index is 946. The maximum atomic E-state index is 12.7. The van der Waals surface area contributed by atoms with Crippen molar-refractivity contribution in [2.24, 2.45) is 0 Å². The Kier molecular flexibility index (Phi) is 3.95. The molecule has 0 bridgehead atoms. The van der Waals surface area contributed by atoms with Crippen molar-refractivity contribution in [1.29, 1.82) is 0 Å². The third-order valence-corrected chi connectivity index (χ3v) is 5.03. The van der Waals surface area contributed by atoms with Gasteiger partial charge in [-0.25, -0.2) is 9.50 Å². The van der Waals surface area contributed by atoms with E-state index in [1.54, 1.807) is 4.52 Å². The van der Waals surface area contributed by atoms with E-state index in [1.165, 1.54) is 17.5 Å². The van der Waals surface area contributed by atoms with Crippen LogP contribution in [0.4, 0.5) is 0 Å². The first-order chi connectivity index (χ1) is 12.1. The van der Waals surface area contributed by atoms with Gasteiger partial charge in [0, 0.05) is 17.0 Å². The summed E-state index contributed by atoms with van der Waals surface area (Å²) in [4.78, 5) is 21.2. The molecule has 2 heterocycles. The third kappa shape index (κ3) is 2.88. The van der Waals surface area contributed by atoms with Crippen LogP contribution in [0.15, 0.2) is 30.6 Å². The molecule has 0 saturated carbocycles. The molecule has 0 saturated heterocycles. The lowest BCUT2D eigenvalue weighted by molar-refractivity contribution is -0.121. The maximum absolute atomic E-state index is 12.7. The summed E-state index contributed by atoms with van der Waals surface area (Å²) in [6, 6.07) is 8.49. The number of carbonyl (C=O) groups excluding carboxylic acids is 1. The minimum Gasteiger partial charge on any atom is -0.349 e. The van der Waals surface area contributed by atoms with Crippen LogP contribution in [0, 0.1) is 13.8 Å². The summed E-state index contributed by atoms with van der Waals surface area (Å²) in [6.45, 7) is 3.87. The molecule has 3 aromatic rings. The molecular formula is C19H21N5O. The van der Waals surface area contributed by atoms with Crippen LogP contribution in [0.2, 0.25) is 0 Å². The average Bonchev–Trinajstić information content (AvgIpc) is 3.07. The number of rotatable bonds is 3. The topological polar surface area (TPSA) is 72.2 Å². The van der Waals surface area contributed by atoms with E-state index in [2.05, 4.69) is 38.6 Å². The van der Waals surface area contributed by atoms with Crippen LogP contribution >= 0.6 is 0 Å². The molecule has 0 spiro atoms. The highest BCUT2D eigenvalue weighted by molar-refractivity contribution is 5.79. The van der Waals surface area contributed by atoms with E-state index in [-0.39, 0.29) is 11.9 Å². The molecular weight excluding hydrogens is 314 g/mol. The molecule has 1 aliphatic carbocycles. The van der Waals surface area contributed by atoms with E-state index in [9.17, 15) is 4.79 Å². The van der Waals surface area contributed by atoms with E-state index in [0.29, 0.717) is 12.2 Å². The zero-order valence-corrected chi connectivity index (χ0v) is 14.5. The van der Waals surface area contributed by atoms with Crippen molar-refractivity contribution in [1.82, 2.24) is 24.9 Å². The second-order valence-corrected chi connectivity index (χ2v) is 6.62. The molecule has 128 valence electrons. The van der Waals surface area contributed by atoms with Crippen molar-refractivity contribution in [2.75, 3.05) is 0 Å². The summed E-state index contributed by atoms with van der Waals surface area (Å²) < 4.78 is 1.69. The van der Waals surface area contributed by atoms with Gasteiger partial charge in [0.25, 0.3) is 5.78 Å². The molecule has 1 N–H and O–H groups in total. The zero-order chi connectivity index (χ0) is 17.4. The molecule has 4 rings (SSSR count). The Labute approximate surface area is 146 Å². The van der Waals surface area contributed by atoms with E-state index in [0.717, 1.165) is 36.2 Å². The molecule has 6 heteroatoms. The Hall–Kier alpha value is -2.76. The number of benzene rings is 1. The predicted octanol–water partition coefficient (Wildman–Crippen LogP) is 2.48. The highest BCUT2D eigenvalue weighted by Crippen LogP contribution is 2.29. The fourth-order valence-corrected chi connectivity index (χ4v) is 3.72. The molecule has 0 fully saturated rings. The maximum Gasteiger partial charge on any atom is 0.252 e. The fourth-order valence-electron chi connectivity index (χ4n) is 3.72. The molecule has 25 heavy (non-hydrogen) atoms. The van der Waals surface area contributed by atoms with Crippen molar-refractivity contribution in [3.8, 4) is 0 Å². The average molecular weight is 335 g/mol. The quantitative estimate of drug-likeness (QED) is 0.798. The van der Waals surface area contributed by atoms with Crippen LogP contribution < -0.4 is 5.32 Å². The van der Waals surface area contributed by atoms with Gasteiger partial charge < -0.3 is 5.32 Å². The lowest BCUT2D eigenvalue weighted by Crippen LogP contribution is -2.32. The number of fused-ring (bicyclic) bond motifs is 2. The third-order valence-electron chi connectivity index (χ3n) is 5.03. The Morgan fingerprint density at radius 1 is 1.32 bits per heavy atom. The first-order valence-corrected chi connectivity index (χ1v) is 8.66. The second kappa shape index (κ2) is 6.27. The first kappa shape index (κ1) is 15.7. The van der Waals surface area contributed by atoms with Crippen molar-refractivity contribution in [3.63, 3.8) is 0 Å². The van der Waals surface area contributed by atoms with Gasteiger partial charge in [-0.15, -0.1) is 0 Å². The van der Waals surface area contributed by atoms with E-state index >= 15 is 0 Å². The smallest absolute Gasteiger partial charge is 0.252 e. The number of aromatic nitrogens is 4. The monoisotopic (exact) mass is 335 g/mol. The van der Waals surface area contributed by atoms with Gasteiger partial charge in [-0.05, 0) is 44.2 Å². The minimum absolute atomic E-state index is 0.0224. The molecule has 6 nitrogen and oxygen atoms in total. The molecule has 0 aliphatic heterocycles. The Morgan fingerprint density at radius 2 is 2.16 bits per heavy atom. The van der Waals surface area contributed by atoms with Crippen LogP contribution in [0.5, 0.6) is 0 Å². The van der Waals surface area contributed by atoms with Gasteiger partial charge in [-0.1, -0.05) is 24.3 Å². The van der Waals surface area contributed by atoms with Gasteiger partial charge in [0.1, 0.15) is 6.33 Å². The van der Waals surface area contributed by atoms with Crippen molar-refractivity contribution >= 4 is 11.7 Å². The van der Waals surface area contributed by atoms with Crippen molar-refractivity contribution < 1.29 is 4.79 Å². The fraction of sp³-hybridized carbons (Fsp3) is 0.368. The molecule has 1 aliphatic rings. The SMILES string of the molecule is Cc1nc2ncnn2c(C)c1CC(=O)NC1CCCc2ccccc21. The normalized spacial score (nSPS) is 16.6. The summed E-state index contributed by atoms with van der Waals surface area (Å²) in [5, 5.41) is 7.39. The van der Waals surface area contributed by atoms with Gasteiger partial charge in [0.2, 0.25) is 5.91 Å². The summed E-state index contributed by atoms with van der Waals surface area (Å²) >= 11 is 0. The molecule has 1 aromatic carbocycles. The van der Waals surface area contributed by atoms with Crippen molar-refractivity contribution in [2.45, 2.75) is 45.6 Å². The van der Waals surface area contributed by atoms with Crippen LogP contribution in [-0.4, -0.2) is 25.5 Å². The van der Waals surface area contributed by atoms with E-state index in [1.807, 2.05) is 19.9 Å². The van der Waals surface area contributed by atoms with E-state index in [4.69, 9.17) is 0 Å². The van der Waals surface area contributed by atoms with Crippen LogP contribution in [-0.2, 0) is 17.6 Å². The molecule has 1 atom stereocenters. The summed E-state index contributed by atoms with van der Waals surface area (Å²) in [5.74, 6) is 0.592. The Balaban J connectivity index is 1.56. The van der Waals surface area contributed by atoms with Crippen LogP contribution in [0.3, 0.4) is 0 Å². The predicted molar refractivity (Wildman–Crippen MR) is 94.2 cm³/mol. The van der Waals surface area contributed by atoms with Crippen LogP contribution in [0.1, 0.15) is 47.0 Å². The number of aryl methyl sites for hydroxylation is 3. The molecule has 2 aromatic heterocycles. The lowest BCUT2D eigenvalue weighted by Gasteiger charge is -2.26. The standard InChI is InChI=1S/C19H21N5O/c1-12-16(13(2)24-19(22-12)20-11-21-24)10-18(25)23-17-9-5-7-14-6-3-4-8-15(14)17/h3-4,6,8,11,17H,5,7,9-10H2,1-2H3,(H,23,25). The summed E-state index contributed by atoms with van der Waals surface area (Å²) in [7, 11) is 0. The van der Waals surface area contributed by atoms with Gasteiger partial charge in [0.15, 0.2) is 0 Å². The van der Waals surface area contributed by atoms with Gasteiger partial charge >= 0.3 is 0 Å². The number of hydrogen-bond acceptors (Lipinski definition) is 4. The second-order valence-electron chi connectivity index (χ2n) is 6.62. The number of hydrogen-bond donors (Lipinski definition) is 1. The first-order valence-electron chi connectivity index (χ1n) is 8.66. The number of amides is 1. The highest BCUT2D eigenvalue weighted by atomic mass is 16.1. The Morgan fingerprint density at radius 3 is 3.04 bits per heavy atom. The molecule has 1 amide bonds. The highest BCUT2D eigenvalue weighted by Gasteiger charge is 2.22.